The van der Waals surface area contributed by atoms with E-state index in [1.165, 1.54) is 12.1 Å². The average molecular weight is 291 g/mol. The van der Waals surface area contributed by atoms with Crippen LogP contribution in [-0.4, -0.2) is 11.9 Å². The standard InChI is InChI=1S/C16H15F2NO2/c1-9(2)21-11-5-3-10(4-6-11)16(20)12-7-15(19)14(18)8-13(12)17/h3-9H,19H2,1-2H3. The number of nitrogen functional groups attached to an aromatic ring is 1. The average Bonchev–Trinajstić information content (AvgIpc) is 2.42. The summed E-state index contributed by atoms with van der Waals surface area (Å²) in [6, 6.07) is 7.92. The zero-order chi connectivity index (χ0) is 15.6. The third-order valence-electron chi connectivity index (χ3n) is 2.82. The summed E-state index contributed by atoms with van der Waals surface area (Å²) in [5.41, 5.74) is 5.12. The summed E-state index contributed by atoms with van der Waals surface area (Å²) < 4.78 is 32.2. The second kappa shape index (κ2) is 5.91. The van der Waals surface area contributed by atoms with Gasteiger partial charge in [0, 0.05) is 11.6 Å². The molecule has 0 aliphatic rings. The van der Waals surface area contributed by atoms with Crippen molar-refractivity contribution >= 4 is 11.5 Å². The highest BCUT2D eigenvalue weighted by atomic mass is 19.1. The van der Waals surface area contributed by atoms with Crippen molar-refractivity contribution in [2.75, 3.05) is 5.73 Å². The number of halogens is 2. The molecule has 0 radical (unpaired) electrons. The van der Waals surface area contributed by atoms with Crippen molar-refractivity contribution in [3.8, 4) is 5.75 Å². The lowest BCUT2D eigenvalue weighted by atomic mass is 10.0. The second-order valence-electron chi connectivity index (χ2n) is 4.87. The molecule has 2 aromatic carbocycles. The summed E-state index contributed by atoms with van der Waals surface area (Å²) in [5, 5.41) is 0. The summed E-state index contributed by atoms with van der Waals surface area (Å²) >= 11 is 0. The quantitative estimate of drug-likeness (QED) is 0.692. The molecule has 2 N–H and O–H groups in total. The first-order valence-corrected chi connectivity index (χ1v) is 6.44. The molecule has 0 saturated carbocycles. The van der Waals surface area contributed by atoms with E-state index < -0.39 is 17.4 Å². The van der Waals surface area contributed by atoms with Gasteiger partial charge in [0.2, 0.25) is 0 Å². The molecule has 2 aromatic rings. The highest BCUT2D eigenvalue weighted by molar-refractivity contribution is 6.09. The van der Waals surface area contributed by atoms with Crippen LogP contribution in [0.15, 0.2) is 36.4 Å². The molecule has 0 atom stereocenters. The van der Waals surface area contributed by atoms with Gasteiger partial charge in [-0.2, -0.15) is 0 Å². The summed E-state index contributed by atoms with van der Waals surface area (Å²) in [6.07, 6.45) is 0.0147. The van der Waals surface area contributed by atoms with Crippen molar-refractivity contribution in [1.29, 1.82) is 0 Å². The van der Waals surface area contributed by atoms with E-state index in [2.05, 4.69) is 0 Å². The van der Waals surface area contributed by atoms with Crippen LogP contribution < -0.4 is 10.5 Å². The number of nitrogens with two attached hydrogens (primary N) is 1. The molecule has 110 valence electrons. The van der Waals surface area contributed by atoms with Crippen molar-refractivity contribution in [1.82, 2.24) is 0 Å². The first-order valence-electron chi connectivity index (χ1n) is 6.44. The van der Waals surface area contributed by atoms with Crippen molar-refractivity contribution in [2.45, 2.75) is 20.0 Å². The first-order chi connectivity index (χ1) is 9.88. The third kappa shape index (κ3) is 3.37. The molecule has 3 nitrogen and oxygen atoms in total. The maximum absolute atomic E-state index is 13.7. The van der Waals surface area contributed by atoms with E-state index in [1.807, 2.05) is 13.8 Å². The van der Waals surface area contributed by atoms with Gasteiger partial charge in [-0.3, -0.25) is 4.79 Å². The Morgan fingerprint density at radius 1 is 1.10 bits per heavy atom. The molecular formula is C16H15F2NO2. The van der Waals surface area contributed by atoms with Crippen molar-refractivity contribution < 1.29 is 18.3 Å². The third-order valence-corrected chi connectivity index (χ3v) is 2.82. The first kappa shape index (κ1) is 15.0. The van der Waals surface area contributed by atoms with E-state index in [-0.39, 0.29) is 22.9 Å². The van der Waals surface area contributed by atoms with Crippen LogP contribution in [0.25, 0.3) is 0 Å². The maximum atomic E-state index is 13.7. The fourth-order valence-electron chi connectivity index (χ4n) is 1.85. The fraction of sp³-hybridized carbons (Fsp3) is 0.188. The van der Waals surface area contributed by atoms with Gasteiger partial charge in [0.15, 0.2) is 5.78 Å². The van der Waals surface area contributed by atoms with Gasteiger partial charge in [0.05, 0.1) is 17.4 Å². The van der Waals surface area contributed by atoms with Gasteiger partial charge < -0.3 is 10.5 Å². The van der Waals surface area contributed by atoms with E-state index in [9.17, 15) is 13.6 Å². The summed E-state index contributed by atoms with van der Waals surface area (Å²) in [6.45, 7) is 3.77. The molecule has 21 heavy (non-hydrogen) atoms. The number of hydrogen-bond acceptors (Lipinski definition) is 3. The van der Waals surface area contributed by atoms with Gasteiger partial charge in [0.25, 0.3) is 0 Å². The zero-order valence-corrected chi connectivity index (χ0v) is 11.7. The van der Waals surface area contributed by atoms with Crippen LogP contribution in [0, 0.1) is 11.6 Å². The van der Waals surface area contributed by atoms with Crippen LogP contribution >= 0.6 is 0 Å². The molecule has 0 unspecified atom stereocenters. The monoisotopic (exact) mass is 291 g/mol. The van der Waals surface area contributed by atoms with Gasteiger partial charge in [-0.05, 0) is 44.2 Å². The Morgan fingerprint density at radius 2 is 1.71 bits per heavy atom. The maximum Gasteiger partial charge on any atom is 0.196 e. The zero-order valence-electron chi connectivity index (χ0n) is 11.7. The lowest BCUT2D eigenvalue weighted by Gasteiger charge is -2.10. The molecular weight excluding hydrogens is 276 g/mol. The summed E-state index contributed by atoms with van der Waals surface area (Å²) in [4.78, 5) is 12.2. The Balaban J connectivity index is 2.30. The normalized spacial score (nSPS) is 10.7. The van der Waals surface area contributed by atoms with E-state index in [0.717, 1.165) is 6.07 Å². The summed E-state index contributed by atoms with van der Waals surface area (Å²) in [7, 11) is 0. The molecule has 0 aliphatic carbocycles. The molecule has 0 saturated heterocycles. The SMILES string of the molecule is CC(C)Oc1ccc(C(=O)c2cc(N)c(F)cc2F)cc1. The second-order valence-corrected chi connectivity index (χ2v) is 4.87. The molecule has 0 bridgehead atoms. The Morgan fingerprint density at radius 3 is 2.29 bits per heavy atom. The van der Waals surface area contributed by atoms with Crippen molar-refractivity contribution in [3.63, 3.8) is 0 Å². The Labute approximate surface area is 121 Å². The van der Waals surface area contributed by atoms with E-state index >= 15 is 0 Å². The van der Waals surface area contributed by atoms with Gasteiger partial charge in [-0.1, -0.05) is 0 Å². The van der Waals surface area contributed by atoms with Crippen LogP contribution in [0.5, 0.6) is 5.75 Å². The number of ketones is 1. The van der Waals surface area contributed by atoms with Crippen LogP contribution in [0.4, 0.5) is 14.5 Å². The molecule has 0 fully saturated rings. The minimum atomic E-state index is -0.936. The lowest BCUT2D eigenvalue weighted by molar-refractivity contribution is 0.103. The molecule has 0 spiro atoms. The summed E-state index contributed by atoms with van der Waals surface area (Å²) in [5.74, 6) is -1.77. The molecule has 0 aromatic heterocycles. The minimum absolute atomic E-state index is 0.0147. The Bertz CT molecular complexity index is 667. The molecule has 0 aliphatic heterocycles. The van der Waals surface area contributed by atoms with Gasteiger partial charge in [0.1, 0.15) is 17.4 Å². The number of hydrogen-bond donors (Lipinski definition) is 1. The van der Waals surface area contributed by atoms with Crippen LogP contribution in [0.1, 0.15) is 29.8 Å². The lowest BCUT2D eigenvalue weighted by Crippen LogP contribution is -2.08. The molecule has 2 rings (SSSR count). The van der Waals surface area contributed by atoms with Crippen LogP contribution in [0.3, 0.4) is 0 Å². The molecule has 0 amide bonds. The van der Waals surface area contributed by atoms with Crippen LogP contribution in [0.2, 0.25) is 0 Å². The number of carbonyl (C=O) groups excluding carboxylic acids is 1. The number of anilines is 1. The van der Waals surface area contributed by atoms with E-state index in [0.29, 0.717) is 11.8 Å². The highest BCUT2D eigenvalue weighted by Gasteiger charge is 2.16. The topological polar surface area (TPSA) is 52.3 Å². The number of ether oxygens (including phenoxy) is 1. The predicted octanol–water partition coefficient (Wildman–Crippen LogP) is 3.57. The fourth-order valence-corrected chi connectivity index (χ4v) is 1.85. The molecule has 5 heteroatoms. The number of rotatable bonds is 4. The minimum Gasteiger partial charge on any atom is -0.491 e. The predicted molar refractivity (Wildman–Crippen MR) is 76.4 cm³/mol. The van der Waals surface area contributed by atoms with Gasteiger partial charge >= 0.3 is 0 Å². The van der Waals surface area contributed by atoms with Gasteiger partial charge in [-0.25, -0.2) is 8.78 Å². The van der Waals surface area contributed by atoms with E-state index in [1.54, 1.807) is 12.1 Å². The number of carbonyl (C=O) groups is 1. The number of benzene rings is 2. The molecule has 0 heterocycles. The smallest absolute Gasteiger partial charge is 0.196 e. The van der Waals surface area contributed by atoms with E-state index in [4.69, 9.17) is 10.5 Å². The van der Waals surface area contributed by atoms with Crippen molar-refractivity contribution in [2.24, 2.45) is 0 Å². The Hall–Kier alpha value is -2.43. The van der Waals surface area contributed by atoms with Gasteiger partial charge in [-0.15, -0.1) is 0 Å². The van der Waals surface area contributed by atoms with Crippen LogP contribution in [-0.2, 0) is 0 Å². The largest absolute Gasteiger partial charge is 0.491 e. The highest BCUT2D eigenvalue weighted by Crippen LogP contribution is 2.21. The Kier molecular flexibility index (Phi) is 4.21. The van der Waals surface area contributed by atoms with Crippen molar-refractivity contribution in [3.05, 3.63) is 59.2 Å².